The second-order valence-corrected chi connectivity index (χ2v) is 5.98. The average Bonchev–Trinajstić information content (AvgIpc) is 2.47. The van der Waals surface area contributed by atoms with Gasteiger partial charge >= 0.3 is 0 Å². The normalized spacial score (nSPS) is 12.3. The van der Waals surface area contributed by atoms with Crippen LogP contribution in [0.3, 0.4) is 0 Å². The van der Waals surface area contributed by atoms with Gasteiger partial charge in [-0.15, -0.1) is 11.6 Å². The minimum absolute atomic E-state index is 0.527. The smallest absolute Gasteiger partial charge is 0.0408 e. The Bertz CT molecular complexity index is 508. The standard InChI is InChI=1S/C18H20Cl2/c19-14-17(12-16-9-5-11-18(20)13-16)10-4-8-15-6-2-1-3-7-15/h1-3,5-7,9,11,13,17H,4,8,10,12,14H2. The first-order valence-electron chi connectivity index (χ1n) is 7.12. The fourth-order valence-electron chi connectivity index (χ4n) is 2.47. The van der Waals surface area contributed by atoms with Crippen molar-refractivity contribution in [2.24, 2.45) is 5.92 Å². The third kappa shape index (κ3) is 5.19. The first kappa shape index (κ1) is 15.4. The third-order valence-electron chi connectivity index (χ3n) is 3.55. The van der Waals surface area contributed by atoms with Gasteiger partial charge in [0.05, 0.1) is 0 Å². The quantitative estimate of drug-likeness (QED) is 0.570. The zero-order chi connectivity index (χ0) is 14.2. The second kappa shape index (κ2) is 8.34. The van der Waals surface area contributed by atoms with Gasteiger partial charge in [-0.2, -0.15) is 0 Å². The minimum atomic E-state index is 0.527. The summed E-state index contributed by atoms with van der Waals surface area (Å²) in [5, 5.41) is 0.806. The fourth-order valence-corrected chi connectivity index (χ4v) is 2.95. The third-order valence-corrected chi connectivity index (χ3v) is 4.22. The molecule has 0 aliphatic carbocycles. The average molecular weight is 307 g/mol. The highest BCUT2D eigenvalue weighted by Gasteiger charge is 2.09. The van der Waals surface area contributed by atoms with Crippen LogP contribution in [0.15, 0.2) is 54.6 Å². The maximum absolute atomic E-state index is 6.11. The Balaban J connectivity index is 1.80. The molecule has 1 unspecified atom stereocenters. The molecule has 20 heavy (non-hydrogen) atoms. The Morgan fingerprint density at radius 3 is 2.35 bits per heavy atom. The lowest BCUT2D eigenvalue weighted by atomic mass is 9.94. The summed E-state index contributed by atoms with van der Waals surface area (Å²) in [4.78, 5) is 0. The van der Waals surface area contributed by atoms with Crippen LogP contribution in [-0.2, 0) is 12.8 Å². The van der Waals surface area contributed by atoms with E-state index in [1.54, 1.807) is 0 Å². The predicted molar refractivity (Wildman–Crippen MR) is 88.7 cm³/mol. The second-order valence-electron chi connectivity index (χ2n) is 5.23. The summed E-state index contributed by atoms with van der Waals surface area (Å²) in [6.07, 6.45) is 4.48. The first-order valence-corrected chi connectivity index (χ1v) is 8.03. The van der Waals surface area contributed by atoms with Gasteiger partial charge in [0, 0.05) is 10.9 Å². The van der Waals surface area contributed by atoms with Gasteiger partial charge in [0.1, 0.15) is 0 Å². The van der Waals surface area contributed by atoms with Gasteiger partial charge in [-0.3, -0.25) is 0 Å². The molecule has 0 bridgehead atoms. The van der Waals surface area contributed by atoms with E-state index in [1.165, 1.54) is 17.5 Å². The van der Waals surface area contributed by atoms with Crippen molar-refractivity contribution in [2.45, 2.75) is 25.7 Å². The molecular formula is C18H20Cl2. The molecule has 0 aliphatic heterocycles. The number of hydrogen-bond donors (Lipinski definition) is 0. The highest BCUT2D eigenvalue weighted by atomic mass is 35.5. The number of benzene rings is 2. The Morgan fingerprint density at radius 1 is 0.900 bits per heavy atom. The van der Waals surface area contributed by atoms with Gasteiger partial charge < -0.3 is 0 Å². The molecule has 106 valence electrons. The fraction of sp³-hybridized carbons (Fsp3) is 0.333. The number of halogens is 2. The van der Waals surface area contributed by atoms with Crippen molar-refractivity contribution in [3.05, 3.63) is 70.7 Å². The van der Waals surface area contributed by atoms with Gasteiger partial charge in [-0.25, -0.2) is 0 Å². The zero-order valence-electron chi connectivity index (χ0n) is 11.6. The highest BCUT2D eigenvalue weighted by Crippen LogP contribution is 2.19. The molecule has 0 aliphatic rings. The van der Waals surface area contributed by atoms with Gasteiger partial charge in [0.25, 0.3) is 0 Å². The summed E-state index contributed by atoms with van der Waals surface area (Å²) in [5.74, 6) is 1.24. The number of aryl methyl sites for hydroxylation is 1. The molecule has 0 saturated carbocycles. The van der Waals surface area contributed by atoms with Gasteiger partial charge in [0.15, 0.2) is 0 Å². The lowest BCUT2D eigenvalue weighted by Crippen LogP contribution is -2.07. The zero-order valence-corrected chi connectivity index (χ0v) is 13.1. The van der Waals surface area contributed by atoms with Crippen molar-refractivity contribution in [3.8, 4) is 0 Å². The van der Waals surface area contributed by atoms with Crippen molar-refractivity contribution in [2.75, 3.05) is 5.88 Å². The van der Waals surface area contributed by atoms with E-state index in [-0.39, 0.29) is 0 Å². The van der Waals surface area contributed by atoms with Crippen molar-refractivity contribution < 1.29 is 0 Å². The first-order chi connectivity index (χ1) is 9.78. The van der Waals surface area contributed by atoms with Crippen LogP contribution in [0.25, 0.3) is 0 Å². The van der Waals surface area contributed by atoms with E-state index >= 15 is 0 Å². The van der Waals surface area contributed by atoms with Gasteiger partial charge in [0.2, 0.25) is 0 Å². The highest BCUT2D eigenvalue weighted by molar-refractivity contribution is 6.30. The molecule has 2 rings (SSSR count). The SMILES string of the molecule is ClCC(CCCc1ccccc1)Cc1cccc(Cl)c1. The van der Waals surface area contributed by atoms with Crippen LogP contribution in [-0.4, -0.2) is 5.88 Å². The molecule has 0 aromatic heterocycles. The van der Waals surface area contributed by atoms with E-state index < -0.39 is 0 Å². The predicted octanol–water partition coefficient (Wildman–Crippen LogP) is 5.76. The molecule has 0 spiro atoms. The Morgan fingerprint density at radius 2 is 1.65 bits per heavy atom. The maximum atomic E-state index is 6.11. The molecule has 1 atom stereocenters. The van der Waals surface area contributed by atoms with Gasteiger partial charge in [-0.1, -0.05) is 54.1 Å². The molecule has 0 heterocycles. The van der Waals surface area contributed by atoms with Crippen LogP contribution in [0.5, 0.6) is 0 Å². The molecule has 2 aromatic carbocycles. The topological polar surface area (TPSA) is 0 Å². The monoisotopic (exact) mass is 306 g/mol. The summed E-state index contributed by atoms with van der Waals surface area (Å²) in [6.45, 7) is 0. The largest absolute Gasteiger partial charge is 0.126 e. The Kier molecular flexibility index (Phi) is 6.42. The molecule has 2 aromatic rings. The minimum Gasteiger partial charge on any atom is -0.126 e. The summed E-state index contributed by atoms with van der Waals surface area (Å²) >= 11 is 12.1. The summed E-state index contributed by atoms with van der Waals surface area (Å²) in [5.41, 5.74) is 2.69. The van der Waals surface area contributed by atoms with Crippen LogP contribution in [0.1, 0.15) is 24.0 Å². The van der Waals surface area contributed by atoms with Crippen LogP contribution in [0, 0.1) is 5.92 Å². The summed E-state index contributed by atoms with van der Waals surface area (Å²) in [7, 11) is 0. The van der Waals surface area contributed by atoms with Crippen LogP contribution in [0.2, 0.25) is 5.02 Å². The van der Waals surface area contributed by atoms with Crippen molar-refractivity contribution in [1.29, 1.82) is 0 Å². The molecule has 0 N–H and O–H groups in total. The number of rotatable bonds is 7. The van der Waals surface area contributed by atoms with Crippen LogP contribution in [0.4, 0.5) is 0 Å². The molecular weight excluding hydrogens is 287 g/mol. The Labute approximate surface area is 131 Å². The maximum Gasteiger partial charge on any atom is 0.0408 e. The Hall–Kier alpha value is -0.980. The lowest BCUT2D eigenvalue weighted by Gasteiger charge is -2.14. The van der Waals surface area contributed by atoms with Crippen molar-refractivity contribution in [3.63, 3.8) is 0 Å². The number of hydrogen-bond acceptors (Lipinski definition) is 0. The molecule has 2 heteroatoms. The van der Waals surface area contributed by atoms with Crippen LogP contribution < -0.4 is 0 Å². The molecule has 0 nitrogen and oxygen atoms in total. The van der Waals surface area contributed by atoms with E-state index in [0.717, 1.165) is 24.3 Å². The van der Waals surface area contributed by atoms with E-state index in [9.17, 15) is 0 Å². The van der Waals surface area contributed by atoms with E-state index in [2.05, 4.69) is 36.4 Å². The summed E-state index contributed by atoms with van der Waals surface area (Å²) < 4.78 is 0. The summed E-state index contributed by atoms with van der Waals surface area (Å²) in [6, 6.07) is 18.7. The van der Waals surface area contributed by atoms with E-state index in [1.807, 2.05) is 18.2 Å². The lowest BCUT2D eigenvalue weighted by molar-refractivity contribution is 0.513. The molecule has 0 saturated heterocycles. The van der Waals surface area contributed by atoms with E-state index in [4.69, 9.17) is 23.2 Å². The van der Waals surface area contributed by atoms with Gasteiger partial charge in [-0.05, 0) is 54.9 Å². The number of alkyl halides is 1. The van der Waals surface area contributed by atoms with E-state index in [0.29, 0.717) is 11.8 Å². The molecule has 0 amide bonds. The van der Waals surface area contributed by atoms with Crippen LogP contribution >= 0.6 is 23.2 Å². The molecule has 0 radical (unpaired) electrons. The van der Waals surface area contributed by atoms with Crippen molar-refractivity contribution >= 4 is 23.2 Å². The molecule has 0 fully saturated rings. The van der Waals surface area contributed by atoms with Crippen molar-refractivity contribution in [1.82, 2.24) is 0 Å².